The molecule has 0 aromatic carbocycles. The number of esters is 2. The van der Waals surface area contributed by atoms with Gasteiger partial charge in [0.25, 0.3) is 0 Å². The molecule has 0 spiro atoms. The van der Waals surface area contributed by atoms with Gasteiger partial charge in [-0.05, 0) is 51.4 Å². The van der Waals surface area contributed by atoms with Crippen molar-refractivity contribution in [2.75, 3.05) is 19.8 Å². The van der Waals surface area contributed by atoms with Crippen LogP contribution in [-0.2, 0) is 28.5 Å². The van der Waals surface area contributed by atoms with Gasteiger partial charge in [0.2, 0.25) is 0 Å². The lowest BCUT2D eigenvalue weighted by Gasteiger charge is -2.39. The topological polar surface area (TPSA) is 152 Å². The van der Waals surface area contributed by atoms with Crippen LogP contribution in [0, 0.1) is 0 Å². The number of rotatable bonds is 35. The average molecular weight is 803 g/mol. The highest BCUT2D eigenvalue weighted by atomic mass is 16.7. The predicted molar refractivity (Wildman–Crippen MR) is 228 cm³/mol. The van der Waals surface area contributed by atoms with Crippen molar-refractivity contribution in [2.24, 2.45) is 0 Å². The van der Waals surface area contributed by atoms with E-state index in [2.05, 4.69) is 74.6 Å². The maximum Gasteiger partial charge on any atom is 0.306 e. The molecular weight excluding hydrogens is 725 g/mol. The first-order valence-corrected chi connectivity index (χ1v) is 22.0. The maximum absolute atomic E-state index is 12.7. The lowest BCUT2D eigenvalue weighted by Crippen LogP contribution is -2.59. The van der Waals surface area contributed by atoms with Crippen LogP contribution < -0.4 is 0 Å². The molecule has 0 bridgehead atoms. The minimum Gasteiger partial charge on any atom is -0.462 e. The molecule has 1 fully saturated rings. The lowest BCUT2D eigenvalue weighted by molar-refractivity contribution is -0.305. The molecule has 1 aliphatic rings. The van der Waals surface area contributed by atoms with Gasteiger partial charge >= 0.3 is 11.9 Å². The van der Waals surface area contributed by atoms with Crippen molar-refractivity contribution in [2.45, 2.75) is 192 Å². The van der Waals surface area contributed by atoms with Crippen molar-refractivity contribution in [3.05, 3.63) is 72.9 Å². The van der Waals surface area contributed by atoms with Gasteiger partial charge in [-0.1, -0.05) is 164 Å². The third-order valence-electron chi connectivity index (χ3n) is 9.62. The van der Waals surface area contributed by atoms with Crippen molar-refractivity contribution in [3.8, 4) is 0 Å². The van der Waals surface area contributed by atoms with Crippen molar-refractivity contribution in [3.63, 3.8) is 0 Å². The normalized spacial score (nSPS) is 21.0. The molecule has 4 N–H and O–H groups in total. The van der Waals surface area contributed by atoms with Crippen LogP contribution in [0.4, 0.5) is 0 Å². The van der Waals surface area contributed by atoms with E-state index in [4.69, 9.17) is 18.9 Å². The summed E-state index contributed by atoms with van der Waals surface area (Å²) in [5, 5.41) is 40.0. The van der Waals surface area contributed by atoms with E-state index in [1.807, 2.05) is 12.2 Å². The molecular formula is C47H78O10. The van der Waals surface area contributed by atoms with Gasteiger partial charge in [0.15, 0.2) is 12.4 Å². The molecule has 57 heavy (non-hydrogen) atoms. The number of allylic oxidation sites excluding steroid dienone is 12. The Morgan fingerprint density at radius 2 is 1.04 bits per heavy atom. The number of carbonyl (C=O) groups is 2. The molecule has 1 heterocycles. The fourth-order valence-electron chi connectivity index (χ4n) is 6.15. The highest BCUT2D eigenvalue weighted by Gasteiger charge is 2.44. The molecule has 10 heteroatoms. The Balaban J connectivity index is 2.41. The van der Waals surface area contributed by atoms with E-state index in [1.54, 1.807) is 0 Å². The summed E-state index contributed by atoms with van der Waals surface area (Å²) in [5.74, 6) is -0.908. The zero-order chi connectivity index (χ0) is 41.6. The Morgan fingerprint density at radius 3 is 1.53 bits per heavy atom. The first kappa shape index (κ1) is 52.2. The van der Waals surface area contributed by atoms with Crippen molar-refractivity contribution >= 4 is 11.9 Å². The molecule has 0 radical (unpaired) electrons. The fourth-order valence-corrected chi connectivity index (χ4v) is 6.15. The molecule has 0 saturated carbocycles. The number of hydrogen-bond donors (Lipinski definition) is 4. The number of aliphatic hydroxyl groups is 4. The third kappa shape index (κ3) is 29.1. The number of aliphatic hydroxyl groups excluding tert-OH is 4. The number of carbonyl (C=O) groups excluding carboxylic acids is 2. The zero-order valence-electron chi connectivity index (χ0n) is 35.3. The maximum atomic E-state index is 12.7. The van der Waals surface area contributed by atoms with Crippen LogP contribution in [0.5, 0.6) is 0 Å². The average Bonchev–Trinajstić information content (AvgIpc) is 3.21. The summed E-state index contributed by atoms with van der Waals surface area (Å²) in [6.07, 6.45) is 39.2. The molecule has 0 aliphatic carbocycles. The molecule has 6 unspecified atom stereocenters. The van der Waals surface area contributed by atoms with Gasteiger partial charge in [-0.3, -0.25) is 9.59 Å². The standard InChI is InChI=1S/C47H78O10/c1-3-5-7-9-11-13-15-17-18-19-20-21-22-24-26-28-30-32-34-36-43(50)56-40(39-55-47-46(53)45(52)44(51)41(37-48)57-47)38-54-42(49)35-33-31-29-27-25-23-16-14-12-10-8-6-4-2/h5,7,11,13,17-18,20-21,24,26,30,32,40-41,44-48,51-53H,3-4,6,8-10,12,14-16,19,22-23,25,27-29,31,33-39H2,1-2H3/b7-5-,13-11-,18-17-,21-20-,26-24-,32-30-. The minimum absolute atomic E-state index is 0.103. The fraction of sp³-hybridized carbons (Fsp3) is 0.702. The smallest absolute Gasteiger partial charge is 0.306 e. The van der Waals surface area contributed by atoms with Crippen LogP contribution >= 0.6 is 0 Å². The van der Waals surface area contributed by atoms with Gasteiger partial charge in [0.05, 0.1) is 13.2 Å². The van der Waals surface area contributed by atoms with Crippen LogP contribution in [0.1, 0.15) is 155 Å². The Bertz CT molecular complexity index is 1160. The molecule has 0 amide bonds. The summed E-state index contributed by atoms with van der Waals surface area (Å²) in [6.45, 7) is 3.22. The van der Waals surface area contributed by atoms with E-state index >= 15 is 0 Å². The Labute approximate surface area is 344 Å². The molecule has 326 valence electrons. The van der Waals surface area contributed by atoms with Gasteiger partial charge < -0.3 is 39.4 Å². The van der Waals surface area contributed by atoms with E-state index in [0.29, 0.717) is 12.8 Å². The lowest BCUT2D eigenvalue weighted by atomic mass is 9.99. The Kier molecular flexibility index (Phi) is 34.2. The number of unbranched alkanes of at least 4 members (excludes halogenated alkanes) is 12. The molecule has 1 rings (SSSR count). The number of ether oxygens (including phenoxy) is 4. The molecule has 1 aliphatic heterocycles. The summed E-state index contributed by atoms with van der Waals surface area (Å²) in [4.78, 5) is 25.3. The first-order chi connectivity index (χ1) is 27.8. The van der Waals surface area contributed by atoms with E-state index < -0.39 is 55.4 Å². The van der Waals surface area contributed by atoms with E-state index in [-0.39, 0.29) is 26.1 Å². The largest absolute Gasteiger partial charge is 0.462 e. The van der Waals surface area contributed by atoms with E-state index in [1.165, 1.54) is 57.8 Å². The van der Waals surface area contributed by atoms with Gasteiger partial charge in [0, 0.05) is 12.8 Å². The monoisotopic (exact) mass is 803 g/mol. The number of hydrogen-bond acceptors (Lipinski definition) is 10. The van der Waals surface area contributed by atoms with Gasteiger partial charge in [-0.15, -0.1) is 0 Å². The summed E-state index contributed by atoms with van der Waals surface area (Å²) < 4.78 is 22.0. The summed E-state index contributed by atoms with van der Waals surface area (Å²) >= 11 is 0. The second kappa shape index (κ2) is 37.4. The minimum atomic E-state index is -1.61. The summed E-state index contributed by atoms with van der Waals surface area (Å²) in [7, 11) is 0. The highest BCUT2D eigenvalue weighted by Crippen LogP contribution is 2.22. The van der Waals surface area contributed by atoms with Gasteiger partial charge in [-0.25, -0.2) is 0 Å². The molecule has 1 saturated heterocycles. The summed E-state index contributed by atoms with van der Waals surface area (Å²) in [5.41, 5.74) is 0. The second-order valence-electron chi connectivity index (χ2n) is 14.8. The van der Waals surface area contributed by atoms with Crippen molar-refractivity contribution in [1.82, 2.24) is 0 Å². The molecule has 10 nitrogen and oxygen atoms in total. The third-order valence-corrected chi connectivity index (χ3v) is 9.62. The van der Waals surface area contributed by atoms with E-state index in [9.17, 15) is 30.0 Å². The Hall–Kier alpha value is -2.86. The second-order valence-corrected chi connectivity index (χ2v) is 14.8. The van der Waals surface area contributed by atoms with Crippen LogP contribution in [0.25, 0.3) is 0 Å². The molecule has 6 atom stereocenters. The zero-order valence-corrected chi connectivity index (χ0v) is 35.3. The van der Waals surface area contributed by atoms with Crippen LogP contribution in [0.2, 0.25) is 0 Å². The van der Waals surface area contributed by atoms with Crippen LogP contribution in [-0.4, -0.2) is 89.0 Å². The van der Waals surface area contributed by atoms with E-state index in [0.717, 1.165) is 57.8 Å². The van der Waals surface area contributed by atoms with Crippen LogP contribution in [0.3, 0.4) is 0 Å². The van der Waals surface area contributed by atoms with Gasteiger partial charge in [-0.2, -0.15) is 0 Å². The first-order valence-electron chi connectivity index (χ1n) is 22.0. The Morgan fingerprint density at radius 1 is 0.561 bits per heavy atom. The van der Waals surface area contributed by atoms with Crippen LogP contribution in [0.15, 0.2) is 72.9 Å². The van der Waals surface area contributed by atoms with Crippen molar-refractivity contribution in [1.29, 1.82) is 0 Å². The predicted octanol–water partition coefficient (Wildman–Crippen LogP) is 9.22. The molecule has 0 aromatic rings. The highest BCUT2D eigenvalue weighted by molar-refractivity contribution is 5.70. The van der Waals surface area contributed by atoms with Gasteiger partial charge in [0.1, 0.15) is 31.0 Å². The SMILES string of the molecule is CC/C=C\C/C=C\C/C=C\C/C=C\C/C=C\C/C=C\CCC(=O)OC(COC(=O)CCCCCCCCCCCCCCC)COC1OC(CO)C(O)C(O)C1O. The van der Waals surface area contributed by atoms with Crippen molar-refractivity contribution < 1.29 is 49.0 Å². The molecule has 0 aromatic heterocycles. The summed E-state index contributed by atoms with van der Waals surface area (Å²) in [6, 6.07) is 0. The quantitative estimate of drug-likeness (QED) is 0.0277.